The number of pyridine rings is 2. The summed E-state index contributed by atoms with van der Waals surface area (Å²) in [5.74, 6) is -0.403. The van der Waals surface area contributed by atoms with Gasteiger partial charge in [-0.25, -0.2) is 4.98 Å². The molecule has 3 aromatic heterocycles. The summed E-state index contributed by atoms with van der Waals surface area (Å²) in [7, 11) is 1.56. The molecule has 2 N–H and O–H groups in total. The number of anilines is 2. The maximum absolute atomic E-state index is 12.8. The van der Waals surface area contributed by atoms with Crippen molar-refractivity contribution in [3.05, 3.63) is 59.3 Å². The van der Waals surface area contributed by atoms with Crippen LogP contribution in [0, 0.1) is 18.3 Å². The Labute approximate surface area is 186 Å². The molecule has 3 heterocycles. The number of aryl methyl sites for hydroxylation is 1. The largest absolute Gasteiger partial charge is 0.435 e. The lowest BCUT2D eigenvalue weighted by Crippen LogP contribution is -2.16. The molecule has 0 atom stereocenters. The average molecular weight is 457 g/mol. The maximum atomic E-state index is 12.8. The second-order valence-electron chi connectivity index (χ2n) is 6.79. The lowest BCUT2D eigenvalue weighted by molar-refractivity contribution is -0.141. The van der Waals surface area contributed by atoms with Gasteiger partial charge in [-0.15, -0.1) is 5.10 Å². The molecule has 0 saturated carbocycles. The van der Waals surface area contributed by atoms with Crippen LogP contribution in [0.15, 0.2) is 36.8 Å². The number of aromatic nitrogens is 4. The first-order valence-electron chi connectivity index (χ1n) is 9.54. The summed E-state index contributed by atoms with van der Waals surface area (Å²) in [5.41, 5.74) is 0.737. The number of nitriles is 1. The minimum absolute atomic E-state index is 0.242. The smallest absolute Gasteiger partial charge is 0.383 e. The number of nitrogens with one attached hydrogen (secondary N) is 2. The van der Waals surface area contributed by atoms with Crippen molar-refractivity contribution in [3.63, 3.8) is 0 Å². The molecule has 0 aliphatic heterocycles. The third-order valence-electron chi connectivity index (χ3n) is 4.47. The number of nitrogens with zero attached hydrogens (tertiary/aromatic N) is 5. The van der Waals surface area contributed by atoms with Gasteiger partial charge in [0.25, 0.3) is 5.91 Å². The van der Waals surface area contributed by atoms with E-state index in [-0.39, 0.29) is 11.3 Å². The summed E-state index contributed by atoms with van der Waals surface area (Å²) < 4.78 is 43.5. The average Bonchev–Trinajstić information content (AvgIpc) is 2.80. The van der Waals surface area contributed by atoms with E-state index in [4.69, 9.17) is 4.74 Å². The van der Waals surface area contributed by atoms with Gasteiger partial charge in [-0.05, 0) is 25.1 Å². The Hall–Kier alpha value is -4.11. The van der Waals surface area contributed by atoms with Crippen molar-refractivity contribution in [2.24, 2.45) is 0 Å². The molecule has 0 unspecified atom stereocenters. The van der Waals surface area contributed by atoms with E-state index in [0.717, 1.165) is 6.20 Å². The van der Waals surface area contributed by atoms with E-state index in [2.05, 4.69) is 36.9 Å². The summed E-state index contributed by atoms with van der Waals surface area (Å²) in [6.45, 7) is 2.65. The third kappa shape index (κ3) is 5.78. The fraction of sp³-hybridized carbons (Fsp3) is 0.238. The molecule has 3 aromatic rings. The predicted octanol–water partition coefficient (Wildman–Crippen LogP) is 3.44. The van der Waals surface area contributed by atoms with Crippen molar-refractivity contribution >= 4 is 17.4 Å². The van der Waals surface area contributed by atoms with E-state index in [9.17, 15) is 23.2 Å². The first-order valence-corrected chi connectivity index (χ1v) is 9.54. The highest BCUT2D eigenvalue weighted by Gasteiger charge is 2.33. The first kappa shape index (κ1) is 23.6. The molecule has 1 amide bonds. The second-order valence-corrected chi connectivity index (χ2v) is 6.79. The topological polar surface area (TPSA) is 126 Å². The number of alkyl halides is 3. The van der Waals surface area contributed by atoms with Crippen molar-refractivity contribution in [2.45, 2.75) is 13.1 Å². The van der Waals surface area contributed by atoms with Crippen LogP contribution in [-0.2, 0) is 10.9 Å². The van der Waals surface area contributed by atoms with E-state index in [1.54, 1.807) is 32.4 Å². The standard InChI is InChI=1S/C21H18F3N7O2/c1-12-17(14-5-13(8-25)19(28-9-14)26-3-4-33-2)7-16(11-27-12)30-20(32)15-6-18(21(22,23)24)31-29-10-15/h5-7,9-11H,3-4H2,1-2H3,(H,26,28)(H,30,32). The second kappa shape index (κ2) is 10.0. The van der Waals surface area contributed by atoms with Crippen molar-refractivity contribution in [3.8, 4) is 17.2 Å². The van der Waals surface area contributed by atoms with Gasteiger partial charge in [-0.3, -0.25) is 9.78 Å². The Morgan fingerprint density at radius 2 is 1.97 bits per heavy atom. The number of halogens is 3. The number of rotatable bonds is 7. The highest BCUT2D eigenvalue weighted by molar-refractivity contribution is 6.04. The zero-order valence-electron chi connectivity index (χ0n) is 17.6. The van der Waals surface area contributed by atoms with Crippen molar-refractivity contribution in [2.75, 3.05) is 30.9 Å². The van der Waals surface area contributed by atoms with Gasteiger partial charge < -0.3 is 15.4 Å². The molecule has 0 spiro atoms. The van der Waals surface area contributed by atoms with Gasteiger partial charge in [0, 0.05) is 36.7 Å². The van der Waals surface area contributed by atoms with E-state index >= 15 is 0 Å². The number of ether oxygens (including phenoxy) is 1. The molecule has 3 rings (SSSR count). The summed E-state index contributed by atoms with van der Waals surface area (Å²) in [6.07, 6.45) is -0.868. The highest BCUT2D eigenvalue weighted by Crippen LogP contribution is 2.29. The summed E-state index contributed by atoms with van der Waals surface area (Å²) in [4.78, 5) is 21.0. The Kier molecular flexibility index (Phi) is 7.14. The highest BCUT2D eigenvalue weighted by atomic mass is 19.4. The van der Waals surface area contributed by atoms with Gasteiger partial charge in [0.1, 0.15) is 11.9 Å². The van der Waals surface area contributed by atoms with E-state index in [0.29, 0.717) is 47.4 Å². The monoisotopic (exact) mass is 457 g/mol. The molecule has 0 radical (unpaired) electrons. The first-order chi connectivity index (χ1) is 15.7. The van der Waals surface area contributed by atoms with Crippen LogP contribution in [0.2, 0.25) is 0 Å². The Morgan fingerprint density at radius 3 is 2.67 bits per heavy atom. The summed E-state index contributed by atoms with van der Waals surface area (Å²) in [6, 6.07) is 5.91. The van der Waals surface area contributed by atoms with Crippen LogP contribution in [0.1, 0.15) is 27.3 Å². The third-order valence-corrected chi connectivity index (χ3v) is 4.47. The van der Waals surface area contributed by atoms with Crippen molar-refractivity contribution < 1.29 is 22.7 Å². The number of amides is 1. The van der Waals surface area contributed by atoms with Crippen LogP contribution in [0.25, 0.3) is 11.1 Å². The molecule has 0 bridgehead atoms. The molecule has 0 fully saturated rings. The summed E-state index contributed by atoms with van der Waals surface area (Å²) in [5, 5.41) is 21.2. The van der Waals surface area contributed by atoms with Crippen LogP contribution in [0.5, 0.6) is 0 Å². The molecular weight excluding hydrogens is 439 g/mol. The van der Waals surface area contributed by atoms with E-state index < -0.39 is 17.8 Å². The fourth-order valence-corrected chi connectivity index (χ4v) is 2.84. The van der Waals surface area contributed by atoms with Crippen LogP contribution < -0.4 is 10.6 Å². The summed E-state index contributed by atoms with van der Waals surface area (Å²) >= 11 is 0. The molecular formula is C21H18F3N7O2. The zero-order chi connectivity index (χ0) is 24.0. The molecule has 170 valence electrons. The van der Waals surface area contributed by atoms with Gasteiger partial charge in [0.15, 0.2) is 5.69 Å². The molecule has 0 aliphatic rings. The van der Waals surface area contributed by atoms with Gasteiger partial charge in [0.05, 0.1) is 35.8 Å². The minimum atomic E-state index is -4.72. The Morgan fingerprint density at radius 1 is 1.18 bits per heavy atom. The fourth-order valence-electron chi connectivity index (χ4n) is 2.84. The lowest BCUT2D eigenvalue weighted by Gasteiger charge is -2.12. The normalized spacial score (nSPS) is 11.0. The van der Waals surface area contributed by atoms with Gasteiger partial charge in [-0.2, -0.15) is 23.5 Å². The quantitative estimate of drug-likeness (QED) is 0.517. The van der Waals surface area contributed by atoms with Crippen LogP contribution in [-0.4, -0.2) is 46.3 Å². The number of carbonyl (C=O) groups is 1. The lowest BCUT2D eigenvalue weighted by atomic mass is 10.0. The van der Waals surface area contributed by atoms with Crippen LogP contribution in [0.4, 0.5) is 24.7 Å². The number of hydrogen-bond acceptors (Lipinski definition) is 8. The van der Waals surface area contributed by atoms with Crippen molar-refractivity contribution in [1.29, 1.82) is 5.26 Å². The van der Waals surface area contributed by atoms with Crippen molar-refractivity contribution in [1.82, 2.24) is 20.2 Å². The Bertz CT molecular complexity index is 1210. The molecule has 9 nitrogen and oxygen atoms in total. The van der Waals surface area contributed by atoms with Crippen LogP contribution >= 0.6 is 0 Å². The maximum Gasteiger partial charge on any atom is 0.435 e. The molecule has 12 heteroatoms. The molecule has 0 saturated heterocycles. The van der Waals surface area contributed by atoms with Gasteiger partial charge >= 0.3 is 6.18 Å². The Balaban J connectivity index is 1.86. The predicted molar refractivity (Wildman–Crippen MR) is 112 cm³/mol. The molecule has 33 heavy (non-hydrogen) atoms. The molecule has 0 aromatic carbocycles. The number of hydrogen-bond donors (Lipinski definition) is 2. The number of methoxy groups -OCH3 is 1. The van der Waals surface area contributed by atoms with Gasteiger partial charge in [-0.1, -0.05) is 0 Å². The van der Waals surface area contributed by atoms with Gasteiger partial charge in [0.2, 0.25) is 0 Å². The zero-order valence-corrected chi connectivity index (χ0v) is 17.6. The SMILES string of the molecule is COCCNc1ncc(-c2cc(NC(=O)c3cnnc(C(F)(F)F)c3)cnc2C)cc1C#N. The van der Waals surface area contributed by atoms with E-state index in [1.807, 2.05) is 0 Å². The van der Waals surface area contributed by atoms with E-state index in [1.165, 1.54) is 6.20 Å². The minimum Gasteiger partial charge on any atom is -0.383 e. The van der Waals surface area contributed by atoms with Crippen LogP contribution in [0.3, 0.4) is 0 Å². The number of carbonyl (C=O) groups excluding carboxylic acids is 1. The molecule has 0 aliphatic carbocycles.